The van der Waals surface area contributed by atoms with Gasteiger partial charge in [-0.2, -0.15) is 0 Å². The van der Waals surface area contributed by atoms with Crippen LogP contribution in [-0.4, -0.2) is 23.4 Å². The Morgan fingerprint density at radius 2 is 2.14 bits per heavy atom. The first-order chi connectivity index (χ1) is 6.77. The molecule has 0 spiro atoms. The number of nitrogens with two attached hydrogens (primary N) is 1. The summed E-state index contributed by atoms with van der Waals surface area (Å²) in [6, 6.07) is 10.1. The molecule has 0 aliphatic carbocycles. The summed E-state index contributed by atoms with van der Waals surface area (Å²) in [6.45, 7) is 1.80. The summed E-state index contributed by atoms with van der Waals surface area (Å²) in [5.41, 5.74) is 6.50. The van der Waals surface area contributed by atoms with Crippen molar-refractivity contribution in [3.8, 4) is 0 Å². The quantitative estimate of drug-likeness (QED) is 0.764. The van der Waals surface area contributed by atoms with Crippen LogP contribution in [0.2, 0.25) is 0 Å². The molecule has 1 aliphatic heterocycles. The average molecular weight is 190 g/mol. The maximum Gasteiger partial charge on any atom is 0.234 e. The van der Waals surface area contributed by atoms with Crippen LogP contribution in [0.4, 0.5) is 0 Å². The van der Waals surface area contributed by atoms with E-state index < -0.39 is 0 Å². The lowest BCUT2D eigenvalue weighted by Gasteiger charge is -2.38. The Kier molecular flexibility index (Phi) is 2.50. The Labute approximate surface area is 83.5 Å². The summed E-state index contributed by atoms with van der Waals surface area (Å²) in [4.78, 5) is 13.1. The first-order valence-electron chi connectivity index (χ1n) is 4.84. The van der Waals surface area contributed by atoms with Gasteiger partial charge in [0, 0.05) is 13.1 Å². The van der Waals surface area contributed by atoms with E-state index >= 15 is 0 Å². The van der Waals surface area contributed by atoms with Crippen LogP contribution in [0.3, 0.4) is 0 Å². The van der Waals surface area contributed by atoms with Crippen LogP contribution in [0.25, 0.3) is 0 Å². The Morgan fingerprint density at radius 1 is 1.43 bits per heavy atom. The number of hydrogen-bond acceptors (Lipinski definition) is 2. The molecule has 2 N–H and O–H groups in total. The molecular weight excluding hydrogens is 176 g/mol. The minimum atomic E-state index is -0.202. The molecule has 14 heavy (non-hydrogen) atoms. The van der Waals surface area contributed by atoms with E-state index in [1.165, 1.54) is 5.56 Å². The van der Waals surface area contributed by atoms with Gasteiger partial charge < -0.3 is 5.73 Å². The number of nitrogens with zero attached hydrogens (tertiary/aromatic N) is 1. The molecule has 1 heterocycles. The lowest BCUT2D eigenvalue weighted by atomic mass is 10.0. The van der Waals surface area contributed by atoms with E-state index in [4.69, 9.17) is 5.73 Å². The highest BCUT2D eigenvalue weighted by Crippen LogP contribution is 2.19. The van der Waals surface area contributed by atoms with Crippen LogP contribution in [0.1, 0.15) is 12.0 Å². The topological polar surface area (TPSA) is 46.3 Å². The molecule has 0 aromatic heterocycles. The molecule has 1 aliphatic rings. The van der Waals surface area contributed by atoms with Gasteiger partial charge in [0.2, 0.25) is 5.91 Å². The molecule has 1 aromatic carbocycles. The monoisotopic (exact) mass is 190 g/mol. The molecular formula is C11H14N2O. The molecule has 3 heteroatoms. The lowest BCUT2D eigenvalue weighted by molar-refractivity contribution is -0.127. The number of likely N-dealkylation sites (tertiary alicyclic amines) is 1. The third-order valence-electron chi connectivity index (χ3n) is 2.69. The van der Waals surface area contributed by atoms with Gasteiger partial charge in [0.15, 0.2) is 0 Å². The van der Waals surface area contributed by atoms with E-state index in [-0.39, 0.29) is 11.9 Å². The van der Waals surface area contributed by atoms with Crippen molar-refractivity contribution in [2.24, 2.45) is 5.73 Å². The van der Waals surface area contributed by atoms with Crippen molar-refractivity contribution in [3.05, 3.63) is 35.9 Å². The largest absolute Gasteiger partial charge is 0.368 e. The summed E-state index contributed by atoms with van der Waals surface area (Å²) < 4.78 is 0. The SMILES string of the molecule is NC(=O)C1CCN1Cc1ccccc1. The van der Waals surface area contributed by atoms with Crippen LogP contribution in [0, 0.1) is 0 Å². The Balaban J connectivity index is 1.96. The van der Waals surface area contributed by atoms with Gasteiger partial charge in [-0.05, 0) is 12.0 Å². The first-order valence-corrected chi connectivity index (χ1v) is 4.84. The standard InChI is InChI=1S/C11H14N2O/c12-11(14)10-6-7-13(10)8-9-4-2-1-3-5-9/h1-5,10H,6-8H2,(H2,12,14). The van der Waals surface area contributed by atoms with E-state index in [0.29, 0.717) is 0 Å². The van der Waals surface area contributed by atoms with Crippen molar-refractivity contribution in [1.82, 2.24) is 4.90 Å². The first kappa shape index (κ1) is 9.21. The smallest absolute Gasteiger partial charge is 0.234 e. The molecule has 1 saturated heterocycles. The predicted molar refractivity (Wildman–Crippen MR) is 54.5 cm³/mol. The van der Waals surface area contributed by atoms with Gasteiger partial charge in [0.25, 0.3) is 0 Å². The molecule has 74 valence electrons. The summed E-state index contributed by atoms with van der Waals surface area (Å²) in [6.07, 6.45) is 0.905. The molecule has 0 bridgehead atoms. The average Bonchev–Trinajstić information content (AvgIpc) is 2.13. The fourth-order valence-corrected chi connectivity index (χ4v) is 1.77. The van der Waals surface area contributed by atoms with Crippen molar-refractivity contribution in [2.45, 2.75) is 19.0 Å². The predicted octanol–water partition coefficient (Wildman–Crippen LogP) is 0.746. The van der Waals surface area contributed by atoms with Gasteiger partial charge in [0.1, 0.15) is 0 Å². The lowest BCUT2D eigenvalue weighted by Crippen LogP contribution is -2.54. The van der Waals surface area contributed by atoms with Crippen LogP contribution < -0.4 is 5.73 Å². The fraction of sp³-hybridized carbons (Fsp3) is 0.364. The second-order valence-corrected chi connectivity index (χ2v) is 3.66. The Hall–Kier alpha value is -1.35. The molecule has 1 unspecified atom stereocenters. The van der Waals surface area contributed by atoms with Crippen molar-refractivity contribution in [1.29, 1.82) is 0 Å². The van der Waals surface area contributed by atoms with E-state index in [9.17, 15) is 4.79 Å². The Bertz CT molecular complexity index is 323. The van der Waals surface area contributed by atoms with Gasteiger partial charge in [0.05, 0.1) is 6.04 Å². The normalized spacial score (nSPS) is 21.6. The third kappa shape index (κ3) is 1.77. The number of carbonyl (C=O) groups is 1. The minimum Gasteiger partial charge on any atom is -0.368 e. The zero-order valence-corrected chi connectivity index (χ0v) is 8.02. The van der Waals surface area contributed by atoms with Gasteiger partial charge in [-0.3, -0.25) is 9.69 Å². The molecule has 1 fully saturated rings. The second kappa shape index (κ2) is 3.80. The van der Waals surface area contributed by atoms with Crippen LogP contribution in [0.5, 0.6) is 0 Å². The zero-order chi connectivity index (χ0) is 9.97. The summed E-state index contributed by atoms with van der Waals surface area (Å²) >= 11 is 0. The van der Waals surface area contributed by atoms with E-state index in [0.717, 1.165) is 19.5 Å². The molecule has 0 saturated carbocycles. The molecule has 2 rings (SSSR count). The second-order valence-electron chi connectivity index (χ2n) is 3.66. The van der Waals surface area contributed by atoms with Crippen LogP contribution in [0.15, 0.2) is 30.3 Å². The van der Waals surface area contributed by atoms with Crippen LogP contribution >= 0.6 is 0 Å². The molecule has 3 nitrogen and oxygen atoms in total. The maximum atomic E-state index is 11.0. The van der Waals surface area contributed by atoms with Gasteiger partial charge in [-0.25, -0.2) is 0 Å². The van der Waals surface area contributed by atoms with Gasteiger partial charge in [-0.1, -0.05) is 30.3 Å². The van der Waals surface area contributed by atoms with E-state index in [2.05, 4.69) is 17.0 Å². The maximum absolute atomic E-state index is 11.0. The summed E-state index contributed by atoms with van der Waals surface area (Å²) in [5, 5.41) is 0. The van der Waals surface area contributed by atoms with E-state index in [1.54, 1.807) is 0 Å². The molecule has 0 radical (unpaired) electrons. The number of primary amides is 1. The van der Waals surface area contributed by atoms with E-state index in [1.807, 2.05) is 18.2 Å². The highest BCUT2D eigenvalue weighted by atomic mass is 16.1. The number of hydrogen-bond donors (Lipinski definition) is 1. The summed E-state index contributed by atoms with van der Waals surface area (Å²) in [5.74, 6) is -0.202. The number of benzene rings is 1. The number of rotatable bonds is 3. The molecule has 1 atom stereocenters. The highest BCUT2D eigenvalue weighted by Gasteiger charge is 2.31. The van der Waals surface area contributed by atoms with Crippen molar-refractivity contribution >= 4 is 5.91 Å². The Morgan fingerprint density at radius 3 is 2.64 bits per heavy atom. The zero-order valence-electron chi connectivity index (χ0n) is 8.02. The third-order valence-corrected chi connectivity index (χ3v) is 2.69. The highest BCUT2D eigenvalue weighted by molar-refractivity contribution is 5.80. The van der Waals surface area contributed by atoms with Gasteiger partial charge >= 0.3 is 0 Å². The van der Waals surface area contributed by atoms with Crippen molar-refractivity contribution < 1.29 is 4.79 Å². The number of amides is 1. The van der Waals surface area contributed by atoms with Gasteiger partial charge in [-0.15, -0.1) is 0 Å². The summed E-state index contributed by atoms with van der Waals surface area (Å²) in [7, 11) is 0. The fourth-order valence-electron chi connectivity index (χ4n) is 1.77. The molecule has 1 aromatic rings. The number of carbonyl (C=O) groups excluding carboxylic acids is 1. The van der Waals surface area contributed by atoms with Crippen LogP contribution in [-0.2, 0) is 11.3 Å². The minimum absolute atomic E-state index is 0.0461. The molecule has 1 amide bonds. The van der Waals surface area contributed by atoms with Crippen molar-refractivity contribution in [3.63, 3.8) is 0 Å². The van der Waals surface area contributed by atoms with Crippen molar-refractivity contribution in [2.75, 3.05) is 6.54 Å².